The Bertz CT molecular complexity index is 530. The Kier molecular flexibility index (Phi) is 6.08. The highest BCUT2D eigenvalue weighted by atomic mass is 79.9. The second-order valence-electron chi connectivity index (χ2n) is 5.38. The molecular formula is C16H23BrN2O3. The van der Waals surface area contributed by atoms with Gasteiger partial charge in [-0.3, -0.25) is 4.79 Å². The molecule has 1 aliphatic heterocycles. The van der Waals surface area contributed by atoms with Crippen molar-refractivity contribution in [2.24, 2.45) is 0 Å². The molecule has 6 heteroatoms. The second-order valence-corrected chi connectivity index (χ2v) is 6.30. The van der Waals surface area contributed by atoms with Crippen LogP contribution >= 0.6 is 15.9 Å². The van der Waals surface area contributed by atoms with Crippen LogP contribution in [-0.2, 0) is 0 Å². The van der Waals surface area contributed by atoms with Crippen molar-refractivity contribution in [3.05, 3.63) is 22.2 Å². The van der Waals surface area contributed by atoms with E-state index in [0.717, 1.165) is 30.3 Å². The van der Waals surface area contributed by atoms with E-state index >= 15 is 0 Å². The van der Waals surface area contributed by atoms with Crippen molar-refractivity contribution < 1.29 is 14.3 Å². The summed E-state index contributed by atoms with van der Waals surface area (Å²) in [5.74, 6) is 0.850. The van der Waals surface area contributed by atoms with Crippen molar-refractivity contribution in [2.75, 3.05) is 20.8 Å². The van der Waals surface area contributed by atoms with E-state index in [9.17, 15) is 4.79 Å². The number of amides is 1. The van der Waals surface area contributed by atoms with Gasteiger partial charge < -0.3 is 20.1 Å². The van der Waals surface area contributed by atoms with Crippen molar-refractivity contribution in [1.82, 2.24) is 10.6 Å². The molecule has 1 unspecified atom stereocenters. The maximum Gasteiger partial charge on any atom is 0.255 e. The summed E-state index contributed by atoms with van der Waals surface area (Å²) in [6.45, 7) is 3.11. The van der Waals surface area contributed by atoms with E-state index in [1.807, 2.05) is 0 Å². The fourth-order valence-electron chi connectivity index (χ4n) is 2.89. The largest absolute Gasteiger partial charge is 0.493 e. The van der Waals surface area contributed by atoms with E-state index in [4.69, 9.17) is 9.47 Å². The van der Waals surface area contributed by atoms with Gasteiger partial charge in [0.25, 0.3) is 5.91 Å². The normalized spacial score (nSPS) is 18.8. The van der Waals surface area contributed by atoms with Gasteiger partial charge >= 0.3 is 0 Å². The first-order valence-corrected chi connectivity index (χ1v) is 8.35. The number of nitrogens with one attached hydrogen (secondary N) is 2. The summed E-state index contributed by atoms with van der Waals surface area (Å²) in [5, 5.41) is 6.57. The number of hydrogen-bond acceptors (Lipinski definition) is 4. The summed E-state index contributed by atoms with van der Waals surface area (Å²) in [7, 11) is 3.10. The van der Waals surface area contributed by atoms with E-state index in [2.05, 4.69) is 33.5 Å². The Balaban J connectivity index is 2.22. The van der Waals surface area contributed by atoms with E-state index in [0.29, 0.717) is 23.1 Å². The van der Waals surface area contributed by atoms with Crippen LogP contribution in [0.15, 0.2) is 16.6 Å². The van der Waals surface area contributed by atoms with Gasteiger partial charge in [-0.15, -0.1) is 0 Å². The third kappa shape index (κ3) is 3.73. The highest BCUT2D eigenvalue weighted by Gasteiger charge is 2.26. The monoisotopic (exact) mass is 370 g/mol. The Hall–Kier alpha value is -1.27. The van der Waals surface area contributed by atoms with E-state index in [-0.39, 0.29) is 11.9 Å². The van der Waals surface area contributed by atoms with Crippen LogP contribution in [0, 0.1) is 0 Å². The zero-order valence-corrected chi connectivity index (χ0v) is 14.8. The molecule has 1 heterocycles. The molecule has 0 saturated carbocycles. The zero-order chi connectivity index (χ0) is 16.1. The number of benzene rings is 1. The lowest BCUT2D eigenvalue weighted by molar-refractivity contribution is 0.0924. The van der Waals surface area contributed by atoms with Gasteiger partial charge in [0.2, 0.25) is 0 Å². The Labute approximate surface area is 139 Å². The number of methoxy groups -OCH3 is 2. The number of hydrogen-bond donors (Lipinski definition) is 2. The third-order valence-corrected chi connectivity index (χ3v) is 4.49. The van der Waals surface area contributed by atoms with Gasteiger partial charge in [-0.1, -0.05) is 22.9 Å². The summed E-state index contributed by atoms with van der Waals surface area (Å²) in [6.07, 6.45) is 3.14. The van der Waals surface area contributed by atoms with E-state index in [1.54, 1.807) is 26.4 Å². The number of carbonyl (C=O) groups excluding carboxylic acids is 1. The molecule has 1 aromatic rings. The molecule has 0 radical (unpaired) electrons. The molecule has 122 valence electrons. The highest BCUT2D eigenvalue weighted by molar-refractivity contribution is 9.10. The third-order valence-electron chi connectivity index (χ3n) is 4.03. The van der Waals surface area contributed by atoms with Gasteiger partial charge in [0.1, 0.15) is 0 Å². The predicted octanol–water partition coefficient (Wildman–Crippen LogP) is 2.73. The van der Waals surface area contributed by atoms with Crippen LogP contribution < -0.4 is 20.1 Å². The molecule has 1 saturated heterocycles. The summed E-state index contributed by atoms with van der Waals surface area (Å²) >= 11 is 3.41. The molecule has 2 N–H and O–H groups in total. The first kappa shape index (κ1) is 17.1. The van der Waals surface area contributed by atoms with Crippen LogP contribution in [-0.4, -0.2) is 38.8 Å². The fourth-order valence-corrected chi connectivity index (χ4v) is 3.32. The van der Waals surface area contributed by atoms with Gasteiger partial charge in [0.15, 0.2) is 11.5 Å². The maximum atomic E-state index is 12.7. The Morgan fingerprint density at radius 3 is 2.77 bits per heavy atom. The molecule has 2 rings (SSSR count). The highest BCUT2D eigenvalue weighted by Crippen LogP contribution is 2.34. The average Bonchev–Trinajstić information content (AvgIpc) is 3.05. The number of halogens is 1. The summed E-state index contributed by atoms with van der Waals surface area (Å²) in [5.41, 5.74) is 0.477. The van der Waals surface area contributed by atoms with Gasteiger partial charge in [-0.05, 0) is 37.9 Å². The first-order chi connectivity index (χ1) is 10.6. The minimum Gasteiger partial charge on any atom is -0.493 e. The average molecular weight is 371 g/mol. The van der Waals surface area contributed by atoms with Crippen LogP contribution in [0.2, 0.25) is 0 Å². The molecule has 2 atom stereocenters. The lowest BCUT2D eigenvalue weighted by atomic mass is 10.0. The van der Waals surface area contributed by atoms with Crippen LogP contribution in [0.1, 0.15) is 36.5 Å². The number of ether oxygens (including phenoxy) is 2. The lowest BCUT2D eigenvalue weighted by Gasteiger charge is -2.24. The molecule has 5 nitrogen and oxygen atoms in total. The van der Waals surface area contributed by atoms with Crippen molar-refractivity contribution in [3.63, 3.8) is 0 Å². The summed E-state index contributed by atoms with van der Waals surface area (Å²) < 4.78 is 11.4. The van der Waals surface area contributed by atoms with Crippen molar-refractivity contribution >= 4 is 21.8 Å². The minimum absolute atomic E-state index is 0.115. The quantitative estimate of drug-likeness (QED) is 0.808. The molecule has 0 spiro atoms. The lowest BCUT2D eigenvalue weighted by Crippen LogP contribution is -2.47. The molecule has 0 bridgehead atoms. The number of rotatable bonds is 6. The molecule has 0 aliphatic carbocycles. The first-order valence-electron chi connectivity index (χ1n) is 7.56. The zero-order valence-electron chi connectivity index (χ0n) is 13.2. The van der Waals surface area contributed by atoms with Crippen molar-refractivity contribution in [1.29, 1.82) is 0 Å². The smallest absolute Gasteiger partial charge is 0.255 e. The topological polar surface area (TPSA) is 59.6 Å². The SMILES string of the molecule is CC[C@H](NC(=O)c1cc(Br)cc(OC)c1OC)C1CCCN1. The minimum atomic E-state index is -0.142. The van der Waals surface area contributed by atoms with Crippen LogP contribution in [0.4, 0.5) is 0 Å². The van der Waals surface area contributed by atoms with Crippen molar-refractivity contribution in [2.45, 2.75) is 38.3 Å². The second kappa shape index (κ2) is 7.83. The molecule has 1 fully saturated rings. The van der Waals surface area contributed by atoms with E-state index < -0.39 is 0 Å². The molecule has 22 heavy (non-hydrogen) atoms. The van der Waals surface area contributed by atoms with Crippen molar-refractivity contribution in [3.8, 4) is 11.5 Å². The predicted molar refractivity (Wildman–Crippen MR) is 89.8 cm³/mol. The van der Waals surface area contributed by atoms with Gasteiger partial charge in [0, 0.05) is 16.6 Å². The maximum absolute atomic E-state index is 12.7. The summed E-state index contributed by atoms with van der Waals surface area (Å²) in [6, 6.07) is 4.00. The fraction of sp³-hybridized carbons (Fsp3) is 0.562. The standard InChI is InChI=1S/C16H23BrN2O3/c1-4-12(13-6-5-7-18-13)19-16(20)11-8-10(17)9-14(21-2)15(11)22-3/h8-9,12-13,18H,4-7H2,1-3H3,(H,19,20)/t12-,13?/m0/s1. The Morgan fingerprint density at radius 2 is 2.23 bits per heavy atom. The summed E-state index contributed by atoms with van der Waals surface area (Å²) in [4.78, 5) is 12.7. The molecular weight excluding hydrogens is 348 g/mol. The molecule has 1 amide bonds. The van der Waals surface area contributed by atoms with Gasteiger partial charge in [-0.25, -0.2) is 0 Å². The van der Waals surface area contributed by atoms with E-state index in [1.165, 1.54) is 0 Å². The van der Waals surface area contributed by atoms with Gasteiger partial charge in [-0.2, -0.15) is 0 Å². The molecule has 1 aromatic carbocycles. The Morgan fingerprint density at radius 1 is 1.45 bits per heavy atom. The van der Waals surface area contributed by atoms with Crippen LogP contribution in [0.3, 0.4) is 0 Å². The molecule has 0 aromatic heterocycles. The number of carbonyl (C=O) groups is 1. The van der Waals surface area contributed by atoms with Crippen LogP contribution in [0.25, 0.3) is 0 Å². The molecule has 1 aliphatic rings. The van der Waals surface area contributed by atoms with Crippen LogP contribution in [0.5, 0.6) is 11.5 Å². The van der Waals surface area contributed by atoms with Gasteiger partial charge in [0.05, 0.1) is 19.8 Å².